The molecule has 0 aliphatic carbocycles. The Labute approximate surface area is 139 Å². The Bertz CT molecular complexity index is 359. The fraction of sp³-hybridized carbons (Fsp3) is 0.824. The average molecular weight is 418 g/mol. The Hall–Kier alpha value is 0.389. The fourth-order valence-corrected chi connectivity index (χ4v) is 22.4. The summed E-state index contributed by atoms with van der Waals surface area (Å²) in [5, 5.41) is 2.24. The van der Waals surface area contributed by atoms with Crippen molar-refractivity contribution < 1.29 is 4.74 Å². The maximum atomic E-state index is 5.26. The first kappa shape index (κ1) is 19.4. The van der Waals surface area contributed by atoms with Crippen LogP contribution in [0.2, 0.25) is 13.3 Å². The van der Waals surface area contributed by atoms with Gasteiger partial charge < -0.3 is 0 Å². The maximum absolute atomic E-state index is 5.26. The summed E-state index contributed by atoms with van der Waals surface area (Å²) in [4.78, 5) is 5.02. The molecule has 2 nitrogen and oxygen atoms in total. The van der Waals surface area contributed by atoms with Crippen LogP contribution in [0.25, 0.3) is 0 Å². The molecule has 0 aliphatic rings. The van der Waals surface area contributed by atoms with Crippen LogP contribution in [0.15, 0.2) is 5.38 Å². The molecule has 1 aromatic rings. The van der Waals surface area contributed by atoms with Crippen molar-refractivity contribution in [2.45, 2.75) is 79.2 Å². The second-order valence-corrected chi connectivity index (χ2v) is 21.0. The van der Waals surface area contributed by atoms with Crippen molar-refractivity contribution in [2.75, 3.05) is 7.11 Å². The van der Waals surface area contributed by atoms with E-state index >= 15 is 0 Å². The van der Waals surface area contributed by atoms with E-state index in [0.29, 0.717) is 6.61 Å². The van der Waals surface area contributed by atoms with E-state index in [1.54, 1.807) is 10.1 Å². The van der Waals surface area contributed by atoms with E-state index < -0.39 is 18.4 Å². The van der Waals surface area contributed by atoms with Gasteiger partial charge in [-0.3, -0.25) is 0 Å². The summed E-state index contributed by atoms with van der Waals surface area (Å²) in [6.07, 6.45) is 8.20. The van der Waals surface area contributed by atoms with Gasteiger partial charge >= 0.3 is 140 Å². The van der Waals surface area contributed by atoms with Crippen LogP contribution in [0.5, 0.6) is 0 Å². The molecule has 0 unspecified atom stereocenters. The Morgan fingerprint density at radius 2 is 1.52 bits per heavy atom. The molecule has 0 atom stereocenters. The van der Waals surface area contributed by atoms with Gasteiger partial charge in [0.25, 0.3) is 0 Å². The van der Waals surface area contributed by atoms with Crippen molar-refractivity contribution in [3.05, 3.63) is 11.1 Å². The predicted octanol–water partition coefficient (Wildman–Crippen LogP) is 5.35. The summed E-state index contributed by atoms with van der Waals surface area (Å²) in [6.45, 7) is 7.66. The monoisotopic (exact) mass is 419 g/mol. The van der Waals surface area contributed by atoms with Crippen LogP contribution < -0.4 is 3.02 Å². The van der Waals surface area contributed by atoms with E-state index in [9.17, 15) is 0 Å². The van der Waals surface area contributed by atoms with Gasteiger partial charge in [-0.2, -0.15) is 0 Å². The molecule has 0 spiro atoms. The molecule has 0 aromatic carbocycles. The van der Waals surface area contributed by atoms with Gasteiger partial charge in [0.15, 0.2) is 0 Å². The van der Waals surface area contributed by atoms with Crippen LogP contribution in [0.4, 0.5) is 0 Å². The molecule has 1 rings (SSSR count). The van der Waals surface area contributed by atoms with Gasteiger partial charge in [0.2, 0.25) is 0 Å². The third-order valence-electron chi connectivity index (χ3n) is 4.32. The number of hydrogen-bond donors (Lipinski definition) is 0. The number of rotatable bonds is 12. The van der Waals surface area contributed by atoms with Gasteiger partial charge in [-0.1, -0.05) is 0 Å². The fourth-order valence-electron chi connectivity index (χ4n) is 3.01. The summed E-state index contributed by atoms with van der Waals surface area (Å²) in [7, 11) is 1.76. The number of hydrogen-bond acceptors (Lipinski definition) is 3. The first-order valence-corrected chi connectivity index (χ1v) is 17.0. The molecule has 0 N–H and O–H groups in total. The third kappa shape index (κ3) is 6.18. The minimum absolute atomic E-state index is 0.674. The van der Waals surface area contributed by atoms with E-state index in [2.05, 4.69) is 26.2 Å². The van der Waals surface area contributed by atoms with Crippen molar-refractivity contribution >= 4 is 32.7 Å². The molecule has 122 valence electrons. The standard InChI is InChI=1S/C5H6NOS.3C4H9.Sn/c1-7-2-5-3-8-4-6-5;3*1-3-4-2;/h3H,2H2,1H3;3*1,3-4H2,2H3;. The summed E-state index contributed by atoms with van der Waals surface area (Å²) in [6, 6.07) is 0. The zero-order chi connectivity index (χ0) is 15.6. The molecule has 0 bridgehead atoms. The van der Waals surface area contributed by atoms with Gasteiger partial charge in [0.1, 0.15) is 0 Å². The van der Waals surface area contributed by atoms with Crippen molar-refractivity contribution in [3.63, 3.8) is 0 Å². The minimum atomic E-state index is -2.27. The quantitative estimate of drug-likeness (QED) is 0.428. The Morgan fingerprint density at radius 1 is 1.00 bits per heavy atom. The first-order chi connectivity index (χ1) is 10.2. The number of unbranched alkanes of at least 4 members (excludes halogenated alkanes) is 3. The Morgan fingerprint density at radius 3 is 1.95 bits per heavy atom. The second kappa shape index (κ2) is 11.0. The molecule has 0 aliphatic heterocycles. The molecule has 0 saturated heterocycles. The number of nitrogens with zero attached hydrogens (tertiary/aromatic N) is 1. The van der Waals surface area contributed by atoms with Gasteiger partial charge in [0.05, 0.1) is 0 Å². The zero-order valence-corrected chi connectivity index (χ0v) is 18.1. The molecule has 0 radical (unpaired) electrons. The van der Waals surface area contributed by atoms with Crippen molar-refractivity contribution in [1.82, 2.24) is 4.98 Å². The average Bonchev–Trinajstić information content (AvgIpc) is 2.96. The van der Waals surface area contributed by atoms with Crippen molar-refractivity contribution in [3.8, 4) is 0 Å². The predicted molar refractivity (Wildman–Crippen MR) is 97.4 cm³/mol. The summed E-state index contributed by atoms with van der Waals surface area (Å²) < 4.78 is 11.4. The number of methoxy groups -OCH3 is 1. The summed E-state index contributed by atoms with van der Waals surface area (Å²) in [5.74, 6) is 0. The molecule has 21 heavy (non-hydrogen) atoms. The molecule has 1 heterocycles. The topological polar surface area (TPSA) is 22.1 Å². The van der Waals surface area contributed by atoms with E-state index in [-0.39, 0.29) is 0 Å². The van der Waals surface area contributed by atoms with Crippen LogP contribution in [-0.4, -0.2) is 30.5 Å². The summed E-state index contributed by atoms with van der Waals surface area (Å²) >= 11 is -0.316. The van der Waals surface area contributed by atoms with Crippen LogP contribution >= 0.6 is 11.3 Å². The summed E-state index contributed by atoms with van der Waals surface area (Å²) in [5.41, 5.74) is 1.16. The van der Waals surface area contributed by atoms with Crippen molar-refractivity contribution in [2.24, 2.45) is 0 Å². The van der Waals surface area contributed by atoms with Crippen LogP contribution in [0.1, 0.15) is 65.0 Å². The molecule has 0 saturated carbocycles. The van der Waals surface area contributed by atoms with E-state index in [0.717, 1.165) is 5.69 Å². The van der Waals surface area contributed by atoms with Crippen LogP contribution in [0, 0.1) is 0 Å². The molecule has 4 heteroatoms. The normalized spacial score (nSPS) is 12.0. The number of aromatic nitrogens is 1. The van der Waals surface area contributed by atoms with E-state index in [4.69, 9.17) is 9.72 Å². The third-order valence-corrected chi connectivity index (χ3v) is 23.1. The zero-order valence-electron chi connectivity index (χ0n) is 14.4. The molecular weight excluding hydrogens is 385 g/mol. The first-order valence-electron chi connectivity index (χ1n) is 8.66. The van der Waals surface area contributed by atoms with Gasteiger partial charge in [0, 0.05) is 0 Å². The number of ether oxygens (including phenoxy) is 1. The van der Waals surface area contributed by atoms with E-state index in [1.807, 2.05) is 11.3 Å². The Balaban J connectivity index is 2.97. The molecular formula is C17H33NOSSn. The molecule has 0 fully saturated rings. The van der Waals surface area contributed by atoms with Gasteiger partial charge in [-0.05, 0) is 0 Å². The SMILES string of the molecule is CCC[CH2][Sn]([CH2]CCC)([CH2]CCC)[c]1nc(COC)cs1. The van der Waals surface area contributed by atoms with Crippen LogP contribution in [-0.2, 0) is 11.3 Å². The molecule has 0 amide bonds. The van der Waals surface area contributed by atoms with Gasteiger partial charge in [-0.15, -0.1) is 0 Å². The van der Waals surface area contributed by atoms with E-state index in [1.165, 1.54) is 51.8 Å². The second-order valence-electron chi connectivity index (χ2n) is 6.17. The molecule has 1 aromatic heterocycles. The van der Waals surface area contributed by atoms with Gasteiger partial charge in [-0.25, -0.2) is 0 Å². The van der Waals surface area contributed by atoms with Crippen molar-refractivity contribution in [1.29, 1.82) is 0 Å². The van der Waals surface area contributed by atoms with Crippen LogP contribution in [0.3, 0.4) is 0 Å². The number of thiazole rings is 1. The Kier molecular flexibility index (Phi) is 10.2.